The number of ether oxygens (including phenoxy) is 4. The van der Waals surface area contributed by atoms with Crippen molar-refractivity contribution < 1.29 is 28.5 Å². The fourth-order valence-corrected chi connectivity index (χ4v) is 4.20. The van der Waals surface area contributed by atoms with Gasteiger partial charge in [0.25, 0.3) is 0 Å². The van der Waals surface area contributed by atoms with Gasteiger partial charge in [0.2, 0.25) is 0 Å². The molecule has 0 aliphatic carbocycles. The van der Waals surface area contributed by atoms with Gasteiger partial charge >= 0.3 is 12.3 Å². The van der Waals surface area contributed by atoms with E-state index in [9.17, 15) is 9.59 Å². The number of nitrogens with zero attached hydrogens (tertiary/aromatic N) is 3. The molecule has 0 radical (unpaired) electrons. The number of hydrogen-bond acceptors (Lipinski definition) is 11. The summed E-state index contributed by atoms with van der Waals surface area (Å²) < 4.78 is 21.2. The zero-order valence-corrected chi connectivity index (χ0v) is 23.9. The topological polar surface area (TPSA) is 122 Å². The lowest BCUT2D eigenvalue weighted by molar-refractivity contribution is 0.0193. The molecule has 0 fully saturated rings. The Labute approximate surface area is 236 Å². The Morgan fingerprint density at radius 3 is 2.05 bits per heavy atom. The summed E-state index contributed by atoms with van der Waals surface area (Å²) in [7, 11) is 0. The number of pyridine rings is 1. The molecule has 1 N–H and O–H groups in total. The van der Waals surface area contributed by atoms with Crippen molar-refractivity contribution in [2.75, 3.05) is 5.32 Å². The molecule has 2 aromatic heterocycles. The SMILES string of the molecule is CC(C)(C)OC(=O)Oc1ccc(Sc2ccc(OC(=O)OC(C)(C)C)cc2Nc2ncnc3ncccc23)cc1. The summed E-state index contributed by atoms with van der Waals surface area (Å²) in [5.41, 5.74) is -0.180. The summed E-state index contributed by atoms with van der Waals surface area (Å²) in [6.07, 6.45) is 1.50. The van der Waals surface area contributed by atoms with Gasteiger partial charge in [-0.05, 0) is 90.1 Å². The molecule has 2 aromatic carbocycles. The van der Waals surface area contributed by atoms with E-state index in [-0.39, 0.29) is 0 Å². The average molecular weight is 563 g/mol. The second-order valence-electron chi connectivity index (χ2n) is 10.6. The molecule has 0 bridgehead atoms. The van der Waals surface area contributed by atoms with Crippen LogP contribution in [0, 0.1) is 0 Å². The molecule has 0 saturated carbocycles. The first-order chi connectivity index (χ1) is 18.8. The van der Waals surface area contributed by atoms with Gasteiger partial charge in [-0.25, -0.2) is 24.5 Å². The van der Waals surface area contributed by atoms with Crippen LogP contribution in [0.3, 0.4) is 0 Å². The van der Waals surface area contributed by atoms with Crippen molar-refractivity contribution in [3.8, 4) is 11.5 Å². The summed E-state index contributed by atoms with van der Waals surface area (Å²) >= 11 is 1.45. The molecule has 4 aromatic rings. The molecular weight excluding hydrogens is 532 g/mol. The summed E-state index contributed by atoms with van der Waals surface area (Å²) in [4.78, 5) is 38.8. The number of hydrogen-bond donors (Lipinski definition) is 1. The van der Waals surface area contributed by atoms with Crippen LogP contribution in [0.4, 0.5) is 21.1 Å². The molecule has 0 unspecified atom stereocenters. The Kier molecular flexibility index (Phi) is 8.43. The smallest absolute Gasteiger partial charge is 0.428 e. The van der Waals surface area contributed by atoms with Gasteiger partial charge in [-0.1, -0.05) is 11.8 Å². The van der Waals surface area contributed by atoms with E-state index in [4.69, 9.17) is 18.9 Å². The summed E-state index contributed by atoms with van der Waals surface area (Å²) in [6.45, 7) is 10.6. The van der Waals surface area contributed by atoms with Crippen LogP contribution in [0.2, 0.25) is 0 Å². The monoisotopic (exact) mass is 562 g/mol. The van der Waals surface area contributed by atoms with E-state index >= 15 is 0 Å². The zero-order chi connectivity index (χ0) is 28.9. The highest BCUT2D eigenvalue weighted by molar-refractivity contribution is 7.99. The van der Waals surface area contributed by atoms with E-state index in [1.165, 1.54) is 18.1 Å². The average Bonchev–Trinajstić information content (AvgIpc) is 2.84. The van der Waals surface area contributed by atoms with Crippen LogP contribution >= 0.6 is 11.8 Å². The maximum absolute atomic E-state index is 12.3. The van der Waals surface area contributed by atoms with Gasteiger partial charge in [0.1, 0.15) is 34.8 Å². The second-order valence-corrected chi connectivity index (χ2v) is 11.7. The third-order valence-corrected chi connectivity index (χ3v) is 5.93. The number of anilines is 2. The molecule has 0 amide bonds. The van der Waals surface area contributed by atoms with Crippen molar-refractivity contribution in [3.05, 3.63) is 67.1 Å². The lowest BCUT2D eigenvalue weighted by Crippen LogP contribution is -2.26. The molecule has 40 heavy (non-hydrogen) atoms. The highest BCUT2D eigenvalue weighted by Gasteiger charge is 2.20. The van der Waals surface area contributed by atoms with E-state index in [1.54, 1.807) is 78.1 Å². The standard InChI is InChI=1S/C29H30N4O6S/c1-28(2,3)38-26(34)36-18-9-12-20(13-10-18)40-23-14-11-19(37-27(35)39-29(4,5)6)16-22(23)33-25-21-8-7-15-30-24(21)31-17-32-25/h7-17H,1-6H3,(H,30,31,32,33). The van der Waals surface area contributed by atoms with Crippen LogP contribution < -0.4 is 14.8 Å². The molecule has 0 saturated heterocycles. The summed E-state index contributed by atoms with van der Waals surface area (Å²) in [5, 5.41) is 4.05. The highest BCUT2D eigenvalue weighted by atomic mass is 32.2. The molecule has 0 aliphatic heterocycles. The Morgan fingerprint density at radius 2 is 1.40 bits per heavy atom. The Hall–Kier alpha value is -4.38. The van der Waals surface area contributed by atoms with Gasteiger partial charge < -0.3 is 24.3 Å². The van der Waals surface area contributed by atoms with Crippen molar-refractivity contribution in [2.24, 2.45) is 0 Å². The predicted octanol–water partition coefficient (Wildman–Crippen LogP) is 7.55. The van der Waals surface area contributed by atoms with E-state index in [0.717, 1.165) is 15.2 Å². The minimum absolute atomic E-state index is 0.290. The lowest BCUT2D eigenvalue weighted by atomic mass is 10.2. The minimum Gasteiger partial charge on any atom is -0.428 e. The van der Waals surface area contributed by atoms with Crippen LogP contribution in [0.5, 0.6) is 11.5 Å². The van der Waals surface area contributed by atoms with Crippen LogP contribution in [0.1, 0.15) is 41.5 Å². The van der Waals surface area contributed by atoms with Crippen molar-refractivity contribution in [2.45, 2.75) is 62.5 Å². The first-order valence-electron chi connectivity index (χ1n) is 12.4. The minimum atomic E-state index is -0.809. The van der Waals surface area contributed by atoms with E-state index in [2.05, 4.69) is 20.3 Å². The molecular formula is C29H30N4O6S. The van der Waals surface area contributed by atoms with Crippen molar-refractivity contribution in [1.29, 1.82) is 0 Å². The zero-order valence-electron chi connectivity index (χ0n) is 23.1. The van der Waals surface area contributed by atoms with Gasteiger partial charge in [-0.3, -0.25) is 0 Å². The van der Waals surface area contributed by atoms with Gasteiger partial charge in [0.05, 0.1) is 11.1 Å². The molecule has 10 nitrogen and oxygen atoms in total. The highest BCUT2D eigenvalue weighted by Crippen LogP contribution is 2.38. The predicted molar refractivity (Wildman–Crippen MR) is 151 cm³/mol. The second kappa shape index (κ2) is 11.8. The van der Waals surface area contributed by atoms with Crippen molar-refractivity contribution >= 4 is 46.6 Å². The van der Waals surface area contributed by atoms with Gasteiger partial charge in [-0.15, -0.1) is 0 Å². The van der Waals surface area contributed by atoms with Crippen LogP contribution in [-0.2, 0) is 9.47 Å². The number of rotatable bonds is 6. The number of fused-ring (bicyclic) bond motifs is 1. The van der Waals surface area contributed by atoms with Crippen LogP contribution in [0.25, 0.3) is 11.0 Å². The van der Waals surface area contributed by atoms with Crippen molar-refractivity contribution in [1.82, 2.24) is 15.0 Å². The molecule has 0 atom stereocenters. The van der Waals surface area contributed by atoms with E-state index in [1.807, 2.05) is 24.3 Å². The number of carbonyl (C=O) groups excluding carboxylic acids is 2. The molecule has 2 heterocycles. The van der Waals surface area contributed by atoms with Crippen LogP contribution in [-0.4, -0.2) is 38.5 Å². The van der Waals surface area contributed by atoms with E-state index < -0.39 is 23.5 Å². The maximum Gasteiger partial charge on any atom is 0.514 e. The molecule has 0 spiro atoms. The van der Waals surface area contributed by atoms with Gasteiger partial charge in [-0.2, -0.15) is 0 Å². The van der Waals surface area contributed by atoms with Gasteiger partial charge in [0, 0.05) is 22.1 Å². The Bertz CT molecular complexity index is 1510. The molecule has 208 valence electrons. The quantitative estimate of drug-likeness (QED) is 0.185. The van der Waals surface area contributed by atoms with Crippen LogP contribution in [0.15, 0.2) is 76.9 Å². The normalized spacial score (nSPS) is 11.6. The number of nitrogens with one attached hydrogen (secondary N) is 1. The first-order valence-corrected chi connectivity index (χ1v) is 13.2. The summed E-state index contributed by atoms with van der Waals surface area (Å²) in [6, 6.07) is 15.9. The first kappa shape index (κ1) is 28.6. The summed E-state index contributed by atoms with van der Waals surface area (Å²) in [5.74, 6) is 1.19. The molecule has 0 aliphatic rings. The molecule has 4 rings (SSSR count). The molecule has 11 heteroatoms. The maximum atomic E-state index is 12.3. The third kappa shape index (κ3) is 8.31. The number of carbonyl (C=O) groups is 2. The fourth-order valence-electron chi connectivity index (χ4n) is 3.32. The largest absolute Gasteiger partial charge is 0.514 e. The van der Waals surface area contributed by atoms with E-state index in [0.29, 0.717) is 28.7 Å². The van der Waals surface area contributed by atoms with Gasteiger partial charge in [0.15, 0.2) is 5.65 Å². The Balaban J connectivity index is 1.59. The number of benzene rings is 2. The number of aromatic nitrogens is 3. The fraction of sp³-hybridized carbons (Fsp3) is 0.276. The Morgan fingerprint density at radius 1 is 0.775 bits per heavy atom. The van der Waals surface area contributed by atoms with Crippen molar-refractivity contribution in [3.63, 3.8) is 0 Å². The third-order valence-electron chi connectivity index (χ3n) is 4.85. The lowest BCUT2D eigenvalue weighted by Gasteiger charge is -2.19.